The maximum Gasteiger partial charge on any atom is 0.242 e. The smallest absolute Gasteiger partial charge is 0.242 e. The summed E-state index contributed by atoms with van der Waals surface area (Å²) in [6.07, 6.45) is 0. The summed E-state index contributed by atoms with van der Waals surface area (Å²) in [5, 5.41) is 8.39. The van der Waals surface area contributed by atoms with Crippen molar-refractivity contribution in [2.75, 3.05) is 20.1 Å². The van der Waals surface area contributed by atoms with Gasteiger partial charge in [-0.05, 0) is 45.4 Å². The Kier molecular flexibility index (Phi) is 8.27. The number of guanidine groups is 1. The number of carbonyl (C=O) groups excluding carboxylic acids is 1. The van der Waals surface area contributed by atoms with Gasteiger partial charge in [0.2, 0.25) is 15.9 Å². The maximum atomic E-state index is 12.6. The zero-order valence-electron chi connectivity index (χ0n) is 17.0. The van der Waals surface area contributed by atoms with E-state index in [0.29, 0.717) is 19.0 Å². The summed E-state index contributed by atoms with van der Waals surface area (Å²) < 4.78 is 23.0. The van der Waals surface area contributed by atoms with Crippen molar-refractivity contribution in [2.24, 2.45) is 10.1 Å². The second-order valence-corrected chi connectivity index (χ2v) is 9.18. The van der Waals surface area contributed by atoms with E-state index < -0.39 is 10.0 Å². The number of amides is 1. The van der Waals surface area contributed by atoms with E-state index in [2.05, 4.69) is 10.3 Å². The van der Waals surface area contributed by atoms with Crippen LogP contribution >= 0.6 is 24.0 Å². The predicted octanol–water partition coefficient (Wildman–Crippen LogP) is 1.36. The lowest BCUT2D eigenvalue weighted by molar-refractivity contribution is -0.145. The third-order valence-electron chi connectivity index (χ3n) is 4.53. The van der Waals surface area contributed by atoms with Crippen LogP contribution in [0.3, 0.4) is 0 Å². The molecule has 0 aliphatic carbocycles. The highest BCUT2D eigenvalue weighted by atomic mass is 127. The molecule has 0 bridgehead atoms. The minimum atomic E-state index is -3.75. The normalized spacial score (nSPS) is 17.5. The number of sulfonamides is 1. The summed E-state index contributed by atoms with van der Waals surface area (Å²) in [6.45, 7) is 9.38. The molecular formula is C18H30IN5O3S. The van der Waals surface area contributed by atoms with Crippen LogP contribution in [0.1, 0.15) is 33.3 Å². The van der Waals surface area contributed by atoms with E-state index in [1.54, 1.807) is 19.2 Å². The highest BCUT2D eigenvalue weighted by molar-refractivity contribution is 14.0. The molecule has 1 amide bonds. The van der Waals surface area contributed by atoms with Gasteiger partial charge in [0, 0.05) is 26.2 Å². The minimum absolute atomic E-state index is 0. The van der Waals surface area contributed by atoms with Crippen LogP contribution in [-0.2, 0) is 21.4 Å². The summed E-state index contributed by atoms with van der Waals surface area (Å²) in [4.78, 5) is 20.8. The lowest BCUT2D eigenvalue weighted by Crippen LogP contribution is -2.66. The van der Waals surface area contributed by atoms with Crippen molar-refractivity contribution < 1.29 is 13.2 Å². The molecule has 158 valence electrons. The average molecular weight is 523 g/mol. The number of piperazine rings is 1. The van der Waals surface area contributed by atoms with Crippen molar-refractivity contribution in [3.63, 3.8) is 0 Å². The van der Waals surface area contributed by atoms with Crippen LogP contribution in [0.15, 0.2) is 34.2 Å². The van der Waals surface area contributed by atoms with Crippen LogP contribution in [0.25, 0.3) is 0 Å². The summed E-state index contributed by atoms with van der Waals surface area (Å²) >= 11 is 0. The summed E-state index contributed by atoms with van der Waals surface area (Å²) in [5.74, 6) is 0.654. The lowest BCUT2D eigenvalue weighted by atomic mass is 9.96. The van der Waals surface area contributed by atoms with Gasteiger partial charge in [-0.1, -0.05) is 12.1 Å². The van der Waals surface area contributed by atoms with Gasteiger partial charge in [-0.25, -0.2) is 13.6 Å². The van der Waals surface area contributed by atoms with E-state index in [1.165, 1.54) is 12.1 Å². The van der Waals surface area contributed by atoms with Crippen LogP contribution < -0.4 is 10.5 Å². The molecule has 1 aliphatic rings. The predicted molar refractivity (Wildman–Crippen MR) is 121 cm³/mol. The first kappa shape index (κ1) is 24.6. The number of aliphatic imine (C=N–C) groups is 1. The molecule has 1 aromatic carbocycles. The second-order valence-electron chi connectivity index (χ2n) is 7.62. The molecule has 0 spiro atoms. The first-order chi connectivity index (χ1) is 12.5. The molecule has 0 atom stereocenters. The number of hydrogen-bond donors (Lipinski definition) is 2. The Bertz CT molecular complexity index is 839. The highest BCUT2D eigenvalue weighted by Gasteiger charge is 2.40. The third kappa shape index (κ3) is 5.80. The fourth-order valence-corrected chi connectivity index (χ4v) is 4.24. The number of carbonyl (C=O) groups is 1. The number of halogens is 1. The standard InChI is InChI=1S/C18H29N5O3S.HI/c1-13(2)23-16(24)11-22(12-18(23,3)4)17(20-5)21-10-14-7-6-8-15(9-14)27(19,25)26;/h6-9,13H,10-12H2,1-5H3,(H,20,21)(H2,19,25,26);1H. The Hall–Kier alpha value is -1.40. The Morgan fingerprint density at radius 1 is 1.36 bits per heavy atom. The van der Waals surface area contributed by atoms with E-state index in [4.69, 9.17) is 5.14 Å². The molecule has 0 unspecified atom stereocenters. The van der Waals surface area contributed by atoms with Gasteiger partial charge in [0.05, 0.1) is 17.0 Å². The molecule has 0 radical (unpaired) electrons. The molecule has 10 heteroatoms. The molecule has 3 N–H and O–H groups in total. The minimum Gasteiger partial charge on any atom is -0.352 e. The van der Waals surface area contributed by atoms with Crippen molar-refractivity contribution >= 4 is 45.9 Å². The fourth-order valence-electron chi connectivity index (χ4n) is 3.66. The number of rotatable bonds is 4. The van der Waals surface area contributed by atoms with Gasteiger partial charge in [-0.15, -0.1) is 24.0 Å². The zero-order chi connectivity index (χ0) is 20.4. The van der Waals surface area contributed by atoms with Crippen molar-refractivity contribution in [1.82, 2.24) is 15.1 Å². The first-order valence-corrected chi connectivity index (χ1v) is 10.4. The molecule has 8 nitrogen and oxygen atoms in total. The van der Waals surface area contributed by atoms with Crippen LogP contribution in [0, 0.1) is 0 Å². The van der Waals surface area contributed by atoms with Crippen LogP contribution in [0.5, 0.6) is 0 Å². The highest BCUT2D eigenvalue weighted by Crippen LogP contribution is 2.24. The largest absolute Gasteiger partial charge is 0.352 e. The number of nitrogens with one attached hydrogen (secondary N) is 1. The van der Waals surface area contributed by atoms with Gasteiger partial charge in [0.1, 0.15) is 0 Å². The maximum absolute atomic E-state index is 12.6. The van der Waals surface area contributed by atoms with Crippen LogP contribution in [0.2, 0.25) is 0 Å². The molecule has 1 aromatic rings. The number of benzene rings is 1. The van der Waals surface area contributed by atoms with E-state index >= 15 is 0 Å². The van der Waals surface area contributed by atoms with Gasteiger partial charge in [0.15, 0.2) is 5.96 Å². The van der Waals surface area contributed by atoms with Gasteiger partial charge in [-0.2, -0.15) is 0 Å². The summed E-state index contributed by atoms with van der Waals surface area (Å²) in [5.41, 5.74) is 0.434. The Balaban J connectivity index is 0.00000392. The first-order valence-electron chi connectivity index (χ1n) is 8.85. The van der Waals surface area contributed by atoms with Crippen molar-refractivity contribution in [1.29, 1.82) is 0 Å². The summed E-state index contributed by atoms with van der Waals surface area (Å²) in [6, 6.07) is 6.57. The topological polar surface area (TPSA) is 108 Å². The zero-order valence-corrected chi connectivity index (χ0v) is 20.1. The number of nitrogens with two attached hydrogens (primary N) is 1. The Morgan fingerprint density at radius 3 is 2.50 bits per heavy atom. The molecule has 1 saturated heterocycles. The molecule has 0 aromatic heterocycles. The van der Waals surface area contributed by atoms with Crippen LogP contribution in [0.4, 0.5) is 0 Å². The van der Waals surface area contributed by atoms with Gasteiger partial charge in [0.25, 0.3) is 0 Å². The summed E-state index contributed by atoms with van der Waals surface area (Å²) in [7, 11) is -2.08. The number of nitrogens with zero attached hydrogens (tertiary/aromatic N) is 3. The van der Waals surface area contributed by atoms with E-state index in [9.17, 15) is 13.2 Å². The van der Waals surface area contributed by atoms with E-state index in [1.807, 2.05) is 37.5 Å². The fraction of sp³-hybridized carbons (Fsp3) is 0.556. The molecule has 1 heterocycles. The van der Waals surface area contributed by atoms with Gasteiger partial charge < -0.3 is 15.1 Å². The molecular weight excluding hydrogens is 493 g/mol. The van der Waals surface area contributed by atoms with Crippen molar-refractivity contribution in [3.05, 3.63) is 29.8 Å². The SMILES string of the molecule is CN=C(NCc1cccc(S(N)(=O)=O)c1)N1CC(=O)N(C(C)C)C(C)(C)C1.I. The van der Waals surface area contributed by atoms with Gasteiger partial charge >= 0.3 is 0 Å². The molecule has 1 aliphatic heterocycles. The van der Waals surface area contributed by atoms with Crippen LogP contribution in [-0.4, -0.2) is 61.8 Å². The number of hydrogen-bond acceptors (Lipinski definition) is 4. The van der Waals surface area contributed by atoms with E-state index in [0.717, 1.165) is 5.56 Å². The number of primary sulfonamides is 1. The van der Waals surface area contributed by atoms with Gasteiger partial charge in [-0.3, -0.25) is 9.79 Å². The quantitative estimate of drug-likeness (QED) is 0.352. The van der Waals surface area contributed by atoms with E-state index in [-0.39, 0.29) is 52.9 Å². The van der Waals surface area contributed by atoms with Crippen molar-refractivity contribution in [3.8, 4) is 0 Å². The van der Waals surface area contributed by atoms with Crippen molar-refractivity contribution in [2.45, 2.75) is 50.7 Å². The molecule has 2 rings (SSSR count). The molecule has 0 saturated carbocycles. The molecule has 28 heavy (non-hydrogen) atoms. The average Bonchev–Trinajstić information content (AvgIpc) is 2.53. The second kappa shape index (κ2) is 9.40. The Labute approximate surface area is 184 Å². The third-order valence-corrected chi connectivity index (χ3v) is 5.44. The molecule has 1 fully saturated rings. The Morgan fingerprint density at radius 2 is 2.00 bits per heavy atom. The lowest BCUT2D eigenvalue weighted by Gasteiger charge is -2.49. The monoisotopic (exact) mass is 523 g/mol.